The summed E-state index contributed by atoms with van der Waals surface area (Å²) in [5, 5.41) is 4.47. The summed E-state index contributed by atoms with van der Waals surface area (Å²) in [6.45, 7) is 14.2. The van der Waals surface area contributed by atoms with E-state index in [-0.39, 0.29) is 17.3 Å². The first-order valence-electron chi connectivity index (χ1n) is 11.1. The molecule has 0 saturated heterocycles. The Hall–Kier alpha value is -2.89. The maximum absolute atomic E-state index is 12.2. The molecule has 174 valence electrons. The van der Waals surface area contributed by atoms with Crippen LogP contribution in [0.5, 0.6) is 0 Å². The van der Waals surface area contributed by atoms with Crippen LogP contribution in [0.3, 0.4) is 0 Å². The van der Waals surface area contributed by atoms with Crippen LogP contribution in [0.15, 0.2) is 35.3 Å². The van der Waals surface area contributed by atoms with E-state index in [9.17, 15) is 4.79 Å². The quantitative estimate of drug-likeness (QED) is 0.234. The van der Waals surface area contributed by atoms with Gasteiger partial charge in [0.2, 0.25) is 6.29 Å². The average molecular weight is 440 g/mol. The smallest absolute Gasteiger partial charge is 0.309 e. The van der Waals surface area contributed by atoms with E-state index < -0.39 is 6.29 Å². The molecule has 0 aliphatic rings. The predicted octanol–water partition coefficient (Wildman–Crippen LogP) is 5.55. The van der Waals surface area contributed by atoms with Crippen molar-refractivity contribution in [2.45, 2.75) is 66.6 Å². The summed E-state index contributed by atoms with van der Waals surface area (Å²) in [4.78, 5) is 16.5. The summed E-state index contributed by atoms with van der Waals surface area (Å²) in [5.41, 5.74) is 4.69. The van der Waals surface area contributed by atoms with Crippen LogP contribution in [0.2, 0.25) is 0 Å². The van der Waals surface area contributed by atoms with E-state index in [0.717, 1.165) is 22.5 Å². The summed E-state index contributed by atoms with van der Waals surface area (Å²) in [6, 6.07) is 10.3. The molecular formula is C26H37N3O3. The molecule has 6 heteroatoms. The van der Waals surface area contributed by atoms with Crippen LogP contribution in [0.1, 0.15) is 70.5 Å². The highest BCUT2D eigenvalue weighted by Gasteiger charge is 2.22. The molecule has 2 aromatic rings. The zero-order valence-electron chi connectivity index (χ0n) is 20.9. The van der Waals surface area contributed by atoms with Gasteiger partial charge in [0, 0.05) is 39.2 Å². The van der Waals surface area contributed by atoms with Crippen LogP contribution < -0.4 is 0 Å². The minimum Gasteiger partial charge on any atom is -0.452 e. The maximum atomic E-state index is 12.2. The van der Waals surface area contributed by atoms with E-state index in [0.29, 0.717) is 12.2 Å². The third-order valence-electron chi connectivity index (χ3n) is 4.96. The van der Waals surface area contributed by atoms with Crippen LogP contribution >= 0.6 is 0 Å². The van der Waals surface area contributed by atoms with E-state index in [1.807, 2.05) is 33.9 Å². The SMILES string of the molecule is CN=C/C(=C(/OC(C)OC(=O)CC(C)C)c1cc(C)nn1C)c1ccc(C(C)(C)C)cc1. The maximum Gasteiger partial charge on any atom is 0.309 e. The Morgan fingerprint density at radius 3 is 2.25 bits per heavy atom. The topological polar surface area (TPSA) is 65.7 Å². The molecule has 0 radical (unpaired) electrons. The third kappa shape index (κ3) is 6.81. The Labute approximate surface area is 192 Å². The molecule has 0 spiro atoms. The molecule has 1 atom stereocenters. The fraction of sp³-hybridized carbons (Fsp3) is 0.500. The molecule has 0 aliphatic carbocycles. The van der Waals surface area contributed by atoms with Gasteiger partial charge in [-0.25, -0.2) is 0 Å². The molecular weight excluding hydrogens is 402 g/mol. The van der Waals surface area contributed by atoms with Crippen LogP contribution in [0.25, 0.3) is 11.3 Å². The molecule has 0 fully saturated rings. The first-order valence-corrected chi connectivity index (χ1v) is 11.1. The second kappa shape index (κ2) is 10.6. The molecule has 1 aromatic heterocycles. The monoisotopic (exact) mass is 439 g/mol. The normalized spacial score (nSPS) is 13.9. The lowest BCUT2D eigenvalue weighted by Crippen LogP contribution is -2.20. The lowest BCUT2D eigenvalue weighted by Gasteiger charge is -2.22. The average Bonchev–Trinajstić information content (AvgIpc) is 3.01. The number of aliphatic imine (C=N–C) groups is 1. The minimum atomic E-state index is -0.763. The first kappa shape index (κ1) is 25.4. The van der Waals surface area contributed by atoms with Gasteiger partial charge in [-0.2, -0.15) is 5.10 Å². The van der Waals surface area contributed by atoms with Crippen molar-refractivity contribution in [1.82, 2.24) is 9.78 Å². The highest BCUT2D eigenvalue weighted by molar-refractivity contribution is 6.18. The van der Waals surface area contributed by atoms with E-state index in [4.69, 9.17) is 9.47 Å². The van der Waals surface area contributed by atoms with Crippen molar-refractivity contribution >= 4 is 23.5 Å². The van der Waals surface area contributed by atoms with Crippen molar-refractivity contribution in [3.63, 3.8) is 0 Å². The van der Waals surface area contributed by atoms with Crippen LogP contribution in [0, 0.1) is 12.8 Å². The second-order valence-corrected chi connectivity index (χ2v) is 9.53. The molecule has 0 bridgehead atoms. The van der Waals surface area contributed by atoms with Gasteiger partial charge < -0.3 is 9.47 Å². The highest BCUT2D eigenvalue weighted by Crippen LogP contribution is 2.30. The van der Waals surface area contributed by atoms with Crippen molar-refractivity contribution < 1.29 is 14.3 Å². The van der Waals surface area contributed by atoms with E-state index in [1.54, 1.807) is 24.9 Å². The van der Waals surface area contributed by atoms with E-state index >= 15 is 0 Å². The summed E-state index contributed by atoms with van der Waals surface area (Å²) in [5.74, 6) is 0.494. The van der Waals surface area contributed by atoms with Gasteiger partial charge >= 0.3 is 5.97 Å². The van der Waals surface area contributed by atoms with Crippen LogP contribution in [-0.4, -0.2) is 35.3 Å². The van der Waals surface area contributed by atoms with Crippen molar-refractivity contribution in [2.75, 3.05) is 7.05 Å². The van der Waals surface area contributed by atoms with E-state index in [1.165, 1.54) is 5.56 Å². The number of benzene rings is 1. The van der Waals surface area contributed by atoms with Gasteiger partial charge in [-0.1, -0.05) is 58.9 Å². The van der Waals surface area contributed by atoms with Gasteiger partial charge in [0.05, 0.1) is 5.69 Å². The summed E-state index contributed by atoms with van der Waals surface area (Å²) >= 11 is 0. The fourth-order valence-electron chi connectivity index (χ4n) is 3.38. The number of hydrogen-bond donors (Lipinski definition) is 0. The Morgan fingerprint density at radius 1 is 1.16 bits per heavy atom. The van der Waals surface area contributed by atoms with Crippen molar-refractivity contribution in [3.8, 4) is 0 Å². The Balaban J connectivity index is 2.55. The van der Waals surface area contributed by atoms with Crippen molar-refractivity contribution in [3.05, 3.63) is 52.8 Å². The Morgan fingerprint density at radius 2 is 1.78 bits per heavy atom. The van der Waals surface area contributed by atoms with Gasteiger partial charge in [0.15, 0.2) is 5.76 Å². The summed E-state index contributed by atoms with van der Waals surface area (Å²) in [6.07, 6.45) is 1.35. The van der Waals surface area contributed by atoms with Gasteiger partial charge in [-0.15, -0.1) is 0 Å². The molecule has 0 saturated carbocycles. The highest BCUT2D eigenvalue weighted by atomic mass is 16.7. The zero-order chi connectivity index (χ0) is 24.1. The zero-order valence-corrected chi connectivity index (χ0v) is 20.9. The number of rotatable bonds is 8. The minimum absolute atomic E-state index is 0.0544. The van der Waals surface area contributed by atoms with Crippen LogP contribution in [-0.2, 0) is 26.7 Å². The number of ether oxygens (including phenoxy) is 2. The number of nitrogens with zero attached hydrogens (tertiary/aromatic N) is 3. The molecule has 2 rings (SSSR count). The van der Waals surface area contributed by atoms with Crippen molar-refractivity contribution in [1.29, 1.82) is 0 Å². The molecule has 1 unspecified atom stereocenters. The largest absolute Gasteiger partial charge is 0.452 e. The first-order chi connectivity index (χ1) is 14.9. The number of aromatic nitrogens is 2. The number of esters is 1. The summed E-state index contributed by atoms with van der Waals surface area (Å²) in [7, 11) is 3.59. The van der Waals surface area contributed by atoms with Crippen molar-refractivity contribution in [2.24, 2.45) is 18.0 Å². The number of aryl methyl sites for hydroxylation is 2. The summed E-state index contributed by atoms with van der Waals surface area (Å²) < 4.78 is 13.5. The standard InChI is InChI=1S/C26H37N3O3/c1-17(2)14-24(30)31-19(4)32-25(23-15-18(3)28-29(23)9)22(16-27-8)20-10-12-21(13-11-20)26(5,6)7/h10-13,15-17,19H,14H2,1-9H3/b25-22-,27-16?. The molecule has 32 heavy (non-hydrogen) atoms. The molecule has 0 aliphatic heterocycles. The van der Waals surface area contributed by atoms with Gasteiger partial charge in [-0.3, -0.25) is 14.5 Å². The Bertz CT molecular complexity index is 977. The number of carbonyl (C=O) groups is 1. The van der Waals surface area contributed by atoms with Gasteiger partial charge in [-0.05, 0) is 35.4 Å². The molecule has 0 N–H and O–H groups in total. The molecule has 1 aromatic carbocycles. The molecule has 1 heterocycles. The lowest BCUT2D eigenvalue weighted by atomic mass is 9.86. The van der Waals surface area contributed by atoms with E-state index in [2.05, 4.69) is 55.1 Å². The molecule has 0 amide bonds. The predicted molar refractivity (Wildman–Crippen MR) is 130 cm³/mol. The molecule has 6 nitrogen and oxygen atoms in total. The Kier molecular flexibility index (Phi) is 8.42. The number of hydrogen-bond acceptors (Lipinski definition) is 5. The lowest BCUT2D eigenvalue weighted by molar-refractivity contribution is -0.165. The van der Waals surface area contributed by atoms with Gasteiger partial charge in [0.1, 0.15) is 5.69 Å². The second-order valence-electron chi connectivity index (χ2n) is 9.53. The number of carbonyl (C=O) groups excluding carboxylic acids is 1. The van der Waals surface area contributed by atoms with Gasteiger partial charge in [0.25, 0.3) is 0 Å². The van der Waals surface area contributed by atoms with Crippen LogP contribution in [0.4, 0.5) is 0 Å². The number of allylic oxidation sites excluding steroid dienone is 1. The fourth-order valence-corrected chi connectivity index (χ4v) is 3.38. The third-order valence-corrected chi connectivity index (χ3v) is 4.96.